The molecule has 0 aromatic carbocycles. The number of rotatable bonds is 8. The van der Waals surface area contributed by atoms with Gasteiger partial charge in [0.05, 0.1) is 0 Å². The summed E-state index contributed by atoms with van der Waals surface area (Å²) in [7, 11) is 1.59. The van der Waals surface area contributed by atoms with Gasteiger partial charge in [0.25, 0.3) is 0 Å². The minimum absolute atomic E-state index is 0.0283. The fourth-order valence-corrected chi connectivity index (χ4v) is 4.16. The number of nitrogens with one attached hydrogen (secondary N) is 2. The summed E-state index contributed by atoms with van der Waals surface area (Å²) in [6.45, 7) is 10.5. The number of carbonyl (C=O) groups is 3. The van der Waals surface area contributed by atoms with Gasteiger partial charge in [-0.05, 0) is 36.0 Å². The molecule has 7 heteroatoms. The normalized spacial score (nSPS) is 24.2. The SMILES string of the molecule is C=CC(=O)OCCOC(=O)CC1CC(C)(C)CC(C)(CNC(=O)NC)C1. The van der Waals surface area contributed by atoms with Crippen LogP contribution < -0.4 is 10.6 Å². The van der Waals surface area contributed by atoms with E-state index in [4.69, 9.17) is 9.47 Å². The molecule has 148 valence electrons. The summed E-state index contributed by atoms with van der Waals surface area (Å²) in [5.74, 6) is -0.628. The lowest BCUT2D eigenvalue weighted by atomic mass is 9.60. The zero-order valence-corrected chi connectivity index (χ0v) is 16.4. The first-order valence-corrected chi connectivity index (χ1v) is 8.99. The second-order valence-electron chi connectivity index (χ2n) is 8.15. The topological polar surface area (TPSA) is 93.7 Å². The first-order chi connectivity index (χ1) is 12.1. The lowest BCUT2D eigenvalue weighted by Gasteiger charge is -2.46. The predicted octanol–water partition coefficient (Wildman–Crippen LogP) is 2.41. The van der Waals surface area contributed by atoms with Crippen molar-refractivity contribution in [3.8, 4) is 0 Å². The van der Waals surface area contributed by atoms with E-state index in [9.17, 15) is 14.4 Å². The van der Waals surface area contributed by atoms with Crippen LogP contribution in [0.4, 0.5) is 4.79 Å². The molecule has 2 amide bonds. The molecular formula is C19H32N2O5. The van der Waals surface area contributed by atoms with Crippen LogP contribution in [0.15, 0.2) is 12.7 Å². The van der Waals surface area contributed by atoms with E-state index in [1.807, 2.05) is 0 Å². The van der Waals surface area contributed by atoms with E-state index in [0.717, 1.165) is 25.3 Å². The molecule has 26 heavy (non-hydrogen) atoms. The molecule has 1 aliphatic carbocycles. The molecule has 0 spiro atoms. The molecule has 7 nitrogen and oxygen atoms in total. The zero-order valence-electron chi connectivity index (χ0n) is 16.4. The van der Waals surface area contributed by atoms with Crippen molar-refractivity contribution in [3.63, 3.8) is 0 Å². The van der Waals surface area contributed by atoms with Gasteiger partial charge in [-0.25, -0.2) is 9.59 Å². The van der Waals surface area contributed by atoms with Gasteiger partial charge in [-0.15, -0.1) is 0 Å². The number of ether oxygens (including phenoxy) is 2. The van der Waals surface area contributed by atoms with Crippen LogP contribution in [0.2, 0.25) is 0 Å². The number of hydrogen-bond acceptors (Lipinski definition) is 5. The third kappa shape index (κ3) is 7.89. The number of esters is 2. The highest BCUT2D eigenvalue weighted by molar-refractivity contribution is 5.81. The van der Waals surface area contributed by atoms with E-state index in [2.05, 4.69) is 38.0 Å². The average Bonchev–Trinajstić information content (AvgIpc) is 2.54. The van der Waals surface area contributed by atoms with Gasteiger partial charge in [-0.3, -0.25) is 4.79 Å². The lowest BCUT2D eigenvalue weighted by molar-refractivity contribution is -0.151. The van der Waals surface area contributed by atoms with E-state index in [0.29, 0.717) is 13.0 Å². The van der Waals surface area contributed by atoms with Gasteiger partial charge in [-0.1, -0.05) is 27.4 Å². The average molecular weight is 368 g/mol. The van der Waals surface area contributed by atoms with Gasteiger partial charge in [0.15, 0.2) is 0 Å². The van der Waals surface area contributed by atoms with E-state index in [1.54, 1.807) is 7.05 Å². The molecule has 1 aliphatic rings. The van der Waals surface area contributed by atoms with Crippen LogP contribution in [0.25, 0.3) is 0 Å². The van der Waals surface area contributed by atoms with Crippen LogP contribution in [0.1, 0.15) is 46.5 Å². The second kappa shape index (κ2) is 9.59. The van der Waals surface area contributed by atoms with Crippen molar-refractivity contribution < 1.29 is 23.9 Å². The van der Waals surface area contributed by atoms with Gasteiger partial charge in [-0.2, -0.15) is 0 Å². The Hall–Kier alpha value is -2.05. The van der Waals surface area contributed by atoms with Crippen LogP contribution >= 0.6 is 0 Å². The zero-order chi connectivity index (χ0) is 19.8. The summed E-state index contributed by atoms with van der Waals surface area (Å²) in [5.41, 5.74) is 0.0144. The predicted molar refractivity (Wildman–Crippen MR) is 98.4 cm³/mol. The first kappa shape index (κ1) is 22.0. The van der Waals surface area contributed by atoms with Crippen LogP contribution in [-0.4, -0.2) is 44.8 Å². The number of hydrogen-bond donors (Lipinski definition) is 2. The van der Waals surface area contributed by atoms with Gasteiger partial charge in [0.1, 0.15) is 13.2 Å². The molecule has 2 unspecified atom stereocenters. The molecule has 1 saturated carbocycles. The molecule has 0 aliphatic heterocycles. The van der Waals surface area contributed by atoms with E-state index < -0.39 is 5.97 Å². The van der Waals surface area contributed by atoms with Crippen molar-refractivity contribution in [2.75, 3.05) is 26.8 Å². The fraction of sp³-hybridized carbons (Fsp3) is 0.737. The molecule has 0 radical (unpaired) electrons. The Morgan fingerprint density at radius 3 is 2.42 bits per heavy atom. The minimum Gasteiger partial charge on any atom is -0.462 e. The Labute approximate surface area is 155 Å². The lowest BCUT2D eigenvalue weighted by Crippen LogP contribution is -2.45. The van der Waals surface area contributed by atoms with Crippen molar-refractivity contribution in [2.45, 2.75) is 46.5 Å². The molecule has 0 bridgehead atoms. The monoisotopic (exact) mass is 368 g/mol. The molecule has 0 heterocycles. The molecule has 1 fully saturated rings. The maximum atomic E-state index is 12.1. The largest absolute Gasteiger partial charge is 0.462 e. The number of carbonyl (C=O) groups excluding carboxylic acids is 3. The molecule has 1 rings (SSSR count). The summed E-state index contributed by atoms with van der Waals surface area (Å²) in [4.78, 5) is 34.5. The Balaban J connectivity index is 2.51. The van der Waals surface area contributed by atoms with Gasteiger partial charge < -0.3 is 20.1 Å². The minimum atomic E-state index is -0.533. The smallest absolute Gasteiger partial charge is 0.330 e. The van der Waals surface area contributed by atoms with Crippen LogP contribution in [0.5, 0.6) is 0 Å². The third-order valence-corrected chi connectivity index (χ3v) is 4.64. The summed E-state index contributed by atoms with van der Waals surface area (Å²) >= 11 is 0. The van der Waals surface area contributed by atoms with Crippen molar-refractivity contribution in [1.29, 1.82) is 0 Å². The summed E-state index contributed by atoms with van der Waals surface area (Å²) in [6.07, 6.45) is 4.16. The highest BCUT2D eigenvalue weighted by Gasteiger charge is 2.41. The highest BCUT2D eigenvalue weighted by Crippen LogP contribution is 2.49. The first-order valence-electron chi connectivity index (χ1n) is 8.99. The maximum Gasteiger partial charge on any atom is 0.330 e. The highest BCUT2D eigenvalue weighted by atomic mass is 16.6. The maximum absolute atomic E-state index is 12.1. The van der Waals surface area contributed by atoms with Crippen molar-refractivity contribution in [1.82, 2.24) is 10.6 Å². The third-order valence-electron chi connectivity index (χ3n) is 4.64. The Morgan fingerprint density at radius 1 is 1.15 bits per heavy atom. The van der Waals surface area contributed by atoms with Gasteiger partial charge >= 0.3 is 18.0 Å². The Morgan fingerprint density at radius 2 is 1.81 bits per heavy atom. The van der Waals surface area contributed by atoms with Crippen LogP contribution in [-0.2, 0) is 19.1 Å². The molecular weight excluding hydrogens is 336 g/mol. The molecule has 0 aromatic rings. The quantitative estimate of drug-likeness (QED) is 0.390. The van der Waals surface area contributed by atoms with Crippen molar-refractivity contribution in [3.05, 3.63) is 12.7 Å². The van der Waals surface area contributed by atoms with Crippen molar-refractivity contribution in [2.24, 2.45) is 16.7 Å². The summed E-state index contributed by atoms with van der Waals surface area (Å²) in [6, 6.07) is -0.195. The van der Waals surface area contributed by atoms with Crippen LogP contribution in [0, 0.1) is 16.7 Å². The summed E-state index contributed by atoms with van der Waals surface area (Å²) < 4.78 is 9.94. The molecule has 2 atom stereocenters. The van der Waals surface area contributed by atoms with Gasteiger partial charge in [0, 0.05) is 26.1 Å². The van der Waals surface area contributed by atoms with E-state index in [1.165, 1.54) is 0 Å². The Kier molecular flexibility index (Phi) is 8.11. The van der Waals surface area contributed by atoms with Crippen LogP contribution in [0.3, 0.4) is 0 Å². The molecule has 0 aromatic heterocycles. The second-order valence-corrected chi connectivity index (χ2v) is 8.15. The van der Waals surface area contributed by atoms with E-state index in [-0.39, 0.29) is 42.0 Å². The fourth-order valence-electron chi connectivity index (χ4n) is 4.16. The number of urea groups is 1. The van der Waals surface area contributed by atoms with E-state index >= 15 is 0 Å². The standard InChI is InChI=1S/C19H32N2O5/c1-6-15(22)25-7-8-26-16(23)9-14-10-18(2,3)12-19(4,11-14)13-21-17(24)20-5/h6,14H,1,7-13H2,2-5H3,(H2,20,21,24). The van der Waals surface area contributed by atoms with Gasteiger partial charge in [0.2, 0.25) is 0 Å². The molecule has 0 saturated heterocycles. The molecule has 2 N–H and O–H groups in total. The van der Waals surface area contributed by atoms with Crippen molar-refractivity contribution >= 4 is 18.0 Å². The summed E-state index contributed by atoms with van der Waals surface area (Å²) in [5, 5.41) is 5.45. The number of amides is 2. The Bertz CT molecular complexity index is 532.